The van der Waals surface area contributed by atoms with Crippen LogP contribution in [0.2, 0.25) is 5.02 Å². The van der Waals surface area contributed by atoms with Gasteiger partial charge < -0.3 is 14.8 Å². The second-order valence-corrected chi connectivity index (χ2v) is 5.27. The second kappa shape index (κ2) is 6.74. The number of methoxy groups -OCH3 is 2. The molecule has 4 heteroatoms. The predicted octanol–water partition coefficient (Wildman–Crippen LogP) is 4.20. The highest BCUT2D eigenvalue weighted by atomic mass is 35.5. The lowest BCUT2D eigenvalue weighted by Crippen LogP contribution is -2.17. The molecule has 102 valence electrons. The molecular formula is C14H22ClNO2. The molecule has 0 saturated carbocycles. The Balaban J connectivity index is 2.90. The molecule has 0 radical (unpaired) electrons. The number of nitrogens with one attached hydrogen (secondary N) is 1. The molecule has 0 amide bonds. The molecule has 0 aliphatic carbocycles. The maximum Gasteiger partial charge on any atom is 0.145 e. The predicted molar refractivity (Wildman–Crippen MR) is 77.1 cm³/mol. The Bertz CT molecular complexity index is 394. The average Bonchev–Trinajstić information content (AvgIpc) is 2.28. The number of halogens is 1. The molecule has 1 atom stereocenters. The van der Waals surface area contributed by atoms with Crippen LogP contribution in [0.25, 0.3) is 0 Å². The first kappa shape index (κ1) is 15.0. The normalized spacial score (nSPS) is 12.4. The van der Waals surface area contributed by atoms with Crippen molar-refractivity contribution in [3.8, 4) is 11.5 Å². The molecule has 0 aromatic heterocycles. The van der Waals surface area contributed by atoms with Crippen molar-refractivity contribution in [2.75, 3.05) is 19.5 Å². The van der Waals surface area contributed by atoms with Crippen LogP contribution in [0.3, 0.4) is 0 Å². The van der Waals surface area contributed by atoms with Gasteiger partial charge in [0, 0.05) is 12.1 Å². The largest absolute Gasteiger partial charge is 0.495 e. The molecule has 1 rings (SSSR count). The van der Waals surface area contributed by atoms with Crippen molar-refractivity contribution in [1.82, 2.24) is 0 Å². The van der Waals surface area contributed by atoms with Crippen LogP contribution in [0.4, 0.5) is 5.69 Å². The van der Waals surface area contributed by atoms with Gasteiger partial charge in [-0.15, -0.1) is 0 Å². The first-order chi connectivity index (χ1) is 8.47. The van der Waals surface area contributed by atoms with Crippen molar-refractivity contribution < 1.29 is 9.47 Å². The van der Waals surface area contributed by atoms with Gasteiger partial charge in [0.1, 0.15) is 11.5 Å². The smallest absolute Gasteiger partial charge is 0.145 e. The van der Waals surface area contributed by atoms with Gasteiger partial charge in [0.2, 0.25) is 0 Å². The van der Waals surface area contributed by atoms with Gasteiger partial charge in [-0.25, -0.2) is 0 Å². The van der Waals surface area contributed by atoms with Crippen LogP contribution in [0.15, 0.2) is 12.1 Å². The van der Waals surface area contributed by atoms with Gasteiger partial charge in [0.15, 0.2) is 0 Å². The molecule has 1 N–H and O–H groups in total. The number of hydrogen-bond donors (Lipinski definition) is 1. The van der Waals surface area contributed by atoms with E-state index in [0.29, 0.717) is 22.7 Å². The van der Waals surface area contributed by atoms with E-state index in [1.54, 1.807) is 20.3 Å². The Labute approximate surface area is 114 Å². The second-order valence-electron chi connectivity index (χ2n) is 4.86. The third-order valence-electron chi connectivity index (χ3n) is 2.70. The third-order valence-corrected chi connectivity index (χ3v) is 3.00. The first-order valence-electron chi connectivity index (χ1n) is 6.16. The minimum Gasteiger partial charge on any atom is -0.495 e. The fourth-order valence-electron chi connectivity index (χ4n) is 2.00. The number of hydrogen-bond acceptors (Lipinski definition) is 3. The molecule has 3 nitrogen and oxygen atoms in total. The number of rotatable bonds is 6. The number of anilines is 1. The van der Waals surface area contributed by atoms with Gasteiger partial charge in [0.05, 0.1) is 24.9 Å². The van der Waals surface area contributed by atoms with E-state index in [1.807, 2.05) is 6.07 Å². The molecular weight excluding hydrogens is 250 g/mol. The quantitative estimate of drug-likeness (QED) is 0.841. The van der Waals surface area contributed by atoms with E-state index < -0.39 is 0 Å². The number of benzene rings is 1. The molecule has 1 aromatic carbocycles. The molecule has 1 aromatic rings. The van der Waals surface area contributed by atoms with E-state index in [0.717, 1.165) is 17.9 Å². The lowest BCUT2D eigenvalue weighted by molar-refractivity contribution is 0.395. The number of ether oxygens (including phenoxy) is 2. The highest BCUT2D eigenvalue weighted by Gasteiger charge is 2.12. The summed E-state index contributed by atoms with van der Waals surface area (Å²) in [5.74, 6) is 2.01. The van der Waals surface area contributed by atoms with Gasteiger partial charge >= 0.3 is 0 Å². The van der Waals surface area contributed by atoms with Gasteiger partial charge in [-0.3, -0.25) is 0 Å². The van der Waals surface area contributed by atoms with Gasteiger partial charge in [-0.1, -0.05) is 25.4 Å². The van der Waals surface area contributed by atoms with Crippen LogP contribution in [-0.4, -0.2) is 20.3 Å². The molecule has 0 spiro atoms. The van der Waals surface area contributed by atoms with Gasteiger partial charge in [-0.2, -0.15) is 0 Å². The Morgan fingerprint density at radius 3 is 2.22 bits per heavy atom. The molecule has 0 aliphatic rings. The van der Waals surface area contributed by atoms with Gasteiger partial charge in [-0.05, 0) is 25.3 Å². The minimum absolute atomic E-state index is 0.364. The van der Waals surface area contributed by atoms with Crippen molar-refractivity contribution in [3.63, 3.8) is 0 Å². The summed E-state index contributed by atoms with van der Waals surface area (Å²) in [5, 5.41) is 4.00. The fraction of sp³-hybridized carbons (Fsp3) is 0.571. The summed E-state index contributed by atoms with van der Waals surface area (Å²) in [6.45, 7) is 6.56. The highest BCUT2D eigenvalue weighted by molar-refractivity contribution is 6.32. The molecule has 18 heavy (non-hydrogen) atoms. The molecule has 0 bridgehead atoms. The van der Waals surface area contributed by atoms with E-state index in [4.69, 9.17) is 21.1 Å². The van der Waals surface area contributed by atoms with E-state index in [-0.39, 0.29) is 0 Å². The average molecular weight is 272 g/mol. The summed E-state index contributed by atoms with van der Waals surface area (Å²) in [7, 11) is 3.23. The van der Waals surface area contributed by atoms with Crippen LogP contribution in [0.5, 0.6) is 11.5 Å². The summed E-state index contributed by atoms with van der Waals surface area (Å²) in [6.07, 6.45) is 1.09. The lowest BCUT2D eigenvalue weighted by atomic mass is 10.0. The van der Waals surface area contributed by atoms with Crippen molar-refractivity contribution in [1.29, 1.82) is 0 Å². The summed E-state index contributed by atoms with van der Waals surface area (Å²) < 4.78 is 10.5. The van der Waals surface area contributed by atoms with Crippen LogP contribution >= 0.6 is 11.6 Å². The Kier molecular flexibility index (Phi) is 5.60. The maximum absolute atomic E-state index is 6.13. The molecule has 0 saturated heterocycles. The zero-order chi connectivity index (χ0) is 13.7. The molecule has 0 heterocycles. The van der Waals surface area contributed by atoms with E-state index in [1.165, 1.54) is 0 Å². The zero-order valence-electron chi connectivity index (χ0n) is 11.7. The molecule has 0 fully saturated rings. The van der Waals surface area contributed by atoms with E-state index in [9.17, 15) is 0 Å². The standard InChI is InChI=1S/C14H22ClNO2/c1-9(2)6-10(3)16-12-7-11(15)13(17-4)8-14(12)18-5/h7-10,16H,6H2,1-5H3. The summed E-state index contributed by atoms with van der Waals surface area (Å²) in [5.41, 5.74) is 0.899. The summed E-state index contributed by atoms with van der Waals surface area (Å²) >= 11 is 6.13. The summed E-state index contributed by atoms with van der Waals surface area (Å²) in [6, 6.07) is 4.01. The summed E-state index contributed by atoms with van der Waals surface area (Å²) in [4.78, 5) is 0. The monoisotopic (exact) mass is 271 g/mol. The van der Waals surface area contributed by atoms with Crippen LogP contribution in [0, 0.1) is 5.92 Å². The van der Waals surface area contributed by atoms with Crippen LogP contribution < -0.4 is 14.8 Å². The van der Waals surface area contributed by atoms with Crippen LogP contribution in [0.1, 0.15) is 27.2 Å². The van der Waals surface area contributed by atoms with Crippen LogP contribution in [-0.2, 0) is 0 Å². The first-order valence-corrected chi connectivity index (χ1v) is 6.53. The Morgan fingerprint density at radius 1 is 1.11 bits per heavy atom. The van der Waals surface area contributed by atoms with Gasteiger partial charge in [0.25, 0.3) is 0 Å². The lowest BCUT2D eigenvalue weighted by Gasteiger charge is -2.20. The van der Waals surface area contributed by atoms with Crippen molar-refractivity contribution in [2.45, 2.75) is 33.2 Å². The zero-order valence-corrected chi connectivity index (χ0v) is 12.5. The fourth-order valence-corrected chi connectivity index (χ4v) is 2.25. The maximum atomic E-state index is 6.13. The minimum atomic E-state index is 0.364. The van der Waals surface area contributed by atoms with Crippen molar-refractivity contribution >= 4 is 17.3 Å². The highest BCUT2D eigenvalue weighted by Crippen LogP contribution is 2.36. The van der Waals surface area contributed by atoms with E-state index in [2.05, 4.69) is 26.1 Å². The Morgan fingerprint density at radius 2 is 1.72 bits per heavy atom. The van der Waals surface area contributed by atoms with Crippen molar-refractivity contribution in [2.24, 2.45) is 5.92 Å². The van der Waals surface area contributed by atoms with Crippen molar-refractivity contribution in [3.05, 3.63) is 17.2 Å². The SMILES string of the molecule is COc1cc(OC)c(NC(C)CC(C)C)cc1Cl. The Hall–Kier alpha value is -1.09. The topological polar surface area (TPSA) is 30.5 Å². The van der Waals surface area contributed by atoms with E-state index >= 15 is 0 Å². The molecule has 0 aliphatic heterocycles. The third kappa shape index (κ3) is 3.98. The molecule has 1 unspecified atom stereocenters.